The van der Waals surface area contributed by atoms with Crippen molar-refractivity contribution in [2.75, 3.05) is 0 Å². The zero-order chi connectivity index (χ0) is 15.2. The number of aromatic nitrogens is 2. The topological polar surface area (TPSA) is 56.1 Å². The lowest BCUT2D eigenvalue weighted by Gasteiger charge is -2.13. The Hall–Kier alpha value is -1.66. The van der Waals surface area contributed by atoms with Crippen LogP contribution in [0.15, 0.2) is 30.5 Å². The zero-order valence-corrected chi connectivity index (χ0v) is 13.2. The third-order valence-corrected chi connectivity index (χ3v) is 3.43. The summed E-state index contributed by atoms with van der Waals surface area (Å²) < 4.78 is 6.99. The SMILES string of the molecule is CCCc1cccc(C(=O)NCl)c1COc1ccn(S)n1. The molecule has 1 amide bonds. The van der Waals surface area contributed by atoms with Crippen molar-refractivity contribution >= 4 is 30.5 Å². The fourth-order valence-electron chi connectivity index (χ4n) is 2.09. The summed E-state index contributed by atoms with van der Waals surface area (Å²) in [5.74, 6) is 0.112. The number of ether oxygens (including phenoxy) is 1. The number of benzene rings is 1. The van der Waals surface area contributed by atoms with E-state index >= 15 is 0 Å². The maximum absolute atomic E-state index is 11.9. The number of carbonyl (C=O) groups excluding carboxylic acids is 1. The third-order valence-electron chi connectivity index (χ3n) is 3.04. The highest BCUT2D eigenvalue weighted by molar-refractivity contribution is 7.78. The minimum atomic E-state index is -0.340. The van der Waals surface area contributed by atoms with Crippen molar-refractivity contribution in [2.45, 2.75) is 26.4 Å². The standard InChI is InChI=1S/C14H16ClN3O2S/c1-2-4-10-5-3-6-11(14(19)16-15)12(10)9-20-13-7-8-18(21)17-13/h3,5-8,21H,2,4,9H2,1H3,(H,16,19). The van der Waals surface area contributed by atoms with Gasteiger partial charge < -0.3 is 4.74 Å². The van der Waals surface area contributed by atoms with Gasteiger partial charge in [-0.25, -0.2) is 4.09 Å². The minimum absolute atomic E-state index is 0.251. The van der Waals surface area contributed by atoms with Crippen LogP contribution >= 0.6 is 24.6 Å². The second-order valence-corrected chi connectivity index (χ2v) is 5.08. The summed E-state index contributed by atoms with van der Waals surface area (Å²) in [7, 11) is 0. The van der Waals surface area contributed by atoms with E-state index in [0.717, 1.165) is 24.0 Å². The summed E-state index contributed by atoms with van der Waals surface area (Å²) in [5.41, 5.74) is 2.41. The van der Waals surface area contributed by atoms with Gasteiger partial charge in [0.2, 0.25) is 5.88 Å². The van der Waals surface area contributed by atoms with Crippen LogP contribution in [0.25, 0.3) is 0 Å². The van der Waals surface area contributed by atoms with E-state index in [9.17, 15) is 4.79 Å². The average Bonchev–Trinajstić information content (AvgIpc) is 2.91. The van der Waals surface area contributed by atoms with Crippen LogP contribution < -0.4 is 9.57 Å². The third kappa shape index (κ3) is 3.92. The Labute approximate surface area is 133 Å². The first-order valence-corrected chi connectivity index (χ1v) is 7.33. The monoisotopic (exact) mass is 325 g/mol. The molecule has 2 rings (SSSR count). The minimum Gasteiger partial charge on any atom is -0.472 e. The fourth-order valence-corrected chi connectivity index (χ4v) is 2.35. The Balaban J connectivity index is 2.27. The molecule has 0 unspecified atom stereocenters. The number of halogens is 1. The summed E-state index contributed by atoms with van der Waals surface area (Å²) in [5, 5.41) is 4.03. The van der Waals surface area contributed by atoms with Gasteiger partial charge in [-0.3, -0.25) is 9.63 Å². The highest BCUT2D eigenvalue weighted by Gasteiger charge is 2.15. The Bertz CT molecular complexity index is 630. The van der Waals surface area contributed by atoms with Crippen molar-refractivity contribution in [2.24, 2.45) is 0 Å². The van der Waals surface area contributed by atoms with Gasteiger partial charge in [0.25, 0.3) is 5.91 Å². The predicted octanol–water partition coefficient (Wildman–Crippen LogP) is 2.99. The van der Waals surface area contributed by atoms with Gasteiger partial charge in [0.1, 0.15) is 6.61 Å². The molecule has 0 aliphatic rings. The van der Waals surface area contributed by atoms with Crippen LogP contribution in [0, 0.1) is 0 Å². The molecule has 0 bridgehead atoms. The molecule has 0 spiro atoms. The number of hydrogen-bond donors (Lipinski definition) is 2. The Morgan fingerprint density at radius 2 is 2.29 bits per heavy atom. The highest BCUT2D eigenvalue weighted by Crippen LogP contribution is 2.20. The van der Waals surface area contributed by atoms with E-state index in [1.807, 2.05) is 12.1 Å². The van der Waals surface area contributed by atoms with E-state index < -0.39 is 0 Å². The Morgan fingerprint density at radius 3 is 2.90 bits per heavy atom. The number of rotatable bonds is 6. The molecule has 2 aromatic rings. The zero-order valence-electron chi connectivity index (χ0n) is 11.5. The molecule has 1 N–H and O–H groups in total. The first-order valence-electron chi connectivity index (χ1n) is 6.55. The number of amides is 1. The van der Waals surface area contributed by atoms with Crippen LogP contribution in [0.3, 0.4) is 0 Å². The molecule has 0 aliphatic heterocycles. The van der Waals surface area contributed by atoms with Crippen molar-refractivity contribution in [3.05, 3.63) is 47.2 Å². The molecular formula is C14H16ClN3O2S. The van der Waals surface area contributed by atoms with E-state index in [1.165, 1.54) is 4.09 Å². The van der Waals surface area contributed by atoms with Gasteiger partial charge in [-0.2, -0.15) is 0 Å². The number of nitrogens with one attached hydrogen (secondary N) is 1. The van der Waals surface area contributed by atoms with Crippen molar-refractivity contribution < 1.29 is 9.53 Å². The van der Waals surface area contributed by atoms with E-state index in [1.54, 1.807) is 18.3 Å². The summed E-state index contributed by atoms with van der Waals surface area (Å²) >= 11 is 9.49. The molecule has 0 atom stereocenters. The molecule has 112 valence electrons. The quantitative estimate of drug-likeness (QED) is 0.634. The van der Waals surface area contributed by atoms with Gasteiger partial charge in [0, 0.05) is 35.2 Å². The maximum atomic E-state index is 11.9. The number of aryl methyl sites for hydroxylation is 1. The Morgan fingerprint density at radius 1 is 1.48 bits per heavy atom. The molecule has 0 fully saturated rings. The first-order chi connectivity index (χ1) is 10.2. The molecule has 1 aromatic carbocycles. The highest BCUT2D eigenvalue weighted by atomic mass is 35.5. The average molecular weight is 326 g/mol. The van der Waals surface area contributed by atoms with Crippen molar-refractivity contribution in [1.82, 2.24) is 14.0 Å². The van der Waals surface area contributed by atoms with E-state index in [-0.39, 0.29) is 12.5 Å². The van der Waals surface area contributed by atoms with Crippen LogP contribution in [-0.4, -0.2) is 15.1 Å². The summed E-state index contributed by atoms with van der Waals surface area (Å²) in [4.78, 5) is 14.0. The van der Waals surface area contributed by atoms with Crippen LogP contribution in [-0.2, 0) is 13.0 Å². The van der Waals surface area contributed by atoms with Gasteiger partial charge in [-0.05, 0) is 30.9 Å². The van der Waals surface area contributed by atoms with Crippen molar-refractivity contribution in [3.63, 3.8) is 0 Å². The molecular weight excluding hydrogens is 310 g/mol. The predicted molar refractivity (Wildman–Crippen MR) is 84.7 cm³/mol. The largest absolute Gasteiger partial charge is 0.472 e. The number of carbonyl (C=O) groups is 1. The number of thiol groups is 1. The van der Waals surface area contributed by atoms with Crippen molar-refractivity contribution in [1.29, 1.82) is 0 Å². The van der Waals surface area contributed by atoms with Crippen LogP contribution in [0.1, 0.15) is 34.8 Å². The molecule has 0 saturated heterocycles. The van der Waals surface area contributed by atoms with E-state index in [4.69, 9.17) is 16.5 Å². The maximum Gasteiger partial charge on any atom is 0.266 e. The molecule has 0 radical (unpaired) electrons. The van der Waals surface area contributed by atoms with Gasteiger partial charge >= 0.3 is 0 Å². The van der Waals surface area contributed by atoms with Gasteiger partial charge in [-0.1, -0.05) is 25.5 Å². The molecule has 1 heterocycles. The summed E-state index contributed by atoms with van der Waals surface area (Å²) in [6.07, 6.45) is 3.51. The molecule has 21 heavy (non-hydrogen) atoms. The van der Waals surface area contributed by atoms with E-state index in [0.29, 0.717) is 11.4 Å². The van der Waals surface area contributed by atoms with Gasteiger partial charge in [0.15, 0.2) is 0 Å². The first kappa shape index (κ1) is 15.7. The molecule has 5 nitrogen and oxygen atoms in total. The van der Waals surface area contributed by atoms with Crippen LogP contribution in [0.2, 0.25) is 0 Å². The van der Waals surface area contributed by atoms with Crippen LogP contribution in [0.5, 0.6) is 5.88 Å². The lowest BCUT2D eigenvalue weighted by molar-refractivity contribution is 0.0979. The second-order valence-electron chi connectivity index (χ2n) is 4.48. The molecule has 0 aliphatic carbocycles. The number of nitrogens with zero attached hydrogens (tertiary/aromatic N) is 2. The van der Waals surface area contributed by atoms with Crippen LogP contribution in [0.4, 0.5) is 0 Å². The fraction of sp³-hybridized carbons (Fsp3) is 0.286. The van der Waals surface area contributed by atoms with Crippen molar-refractivity contribution in [3.8, 4) is 5.88 Å². The Kier molecular flexibility index (Phi) is 5.52. The molecule has 1 aromatic heterocycles. The second kappa shape index (κ2) is 7.38. The lowest BCUT2D eigenvalue weighted by Crippen LogP contribution is -2.17. The normalized spacial score (nSPS) is 10.4. The van der Waals surface area contributed by atoms with Gasteiger partial charge in [-0.15, -0.1) is 5.10 Å². The molecule has 7 heteroatoms. The summed E-state index contributed by atoms with van der Waals surface area (Å²) in [6.45, 7) is 2.34. The smallest absolute Gasteiger partial charge is 0.266 e. The molecule has 0 saturated carbocycles. The summed E-state index contributed by atoms with van der Waals surface area (Å²) in [6, 6.07) is 7.27. The van der Waals surface area contributed by atoms with E-state index in [2.05, 4.69) is 29.7 Å². The number of hydrogen-bond acceptors (Lipinski definition) is 4. The lowest BCUT2D eigenvalue weighted by atomic mass is 9.98. The van der Waals surface area contributed by atoms with Gasteiger partial charge in [0.05, 0.1) is 0 Å².